The normalized spacial score (nSPS) is 11.0. The average molecular weight is 831 g/mol. The maximum absolute atomic E-state index is 13.6. The molecule has 0 fully saturated rings. The van der Waals surface area contributed by atoms with Gasteiger partial charge in [-0.05, 0) is 81.6 Å². The van der Waals surface area contributed by atoms with Gasteiger partial charge in [-0.2, -0.15) is 18.2 Å². The molecule has 0 radical (unpaired) electrons. The Morgan fingerprint density at radius 1 is 0.931 bits per heavy atom. The molecule has 0 bridgehead atoms. The van der Waals surface area contributed by atoms with E-state index >= 15 is 0 Å². The van der Waals surface area contributed by atoms with E-state index in [9.17, 15) is 27.5 Å². The molecule has 6 rings (SSSR count). The number of nitrogens with zero attached hydrogens (tertiary/aromatic N) is 3. The van der Waals surface area contributed by atoms with Crippen LogP contribution in [0.3, 0.4) is 0 Å². The first kappa shape index (κ1) is 44.6. The third kappa shape index (κ3) is 11.7. The summed E-state index contributed by atoms with van der Waals surface area (Å²) in [6, 6.07) is 28.0. The van der Waals surface area contributed by atoms with Crippen LogP contribution in [0.15, 0.2) is 117 Å². The highest BCUT2D eigenvalue weighted by Gasteiger charge is 2.21. The highest BCUT2D eigenvalue weighted by molar-refractivity contribution is 7.90. The van der Waals surface area contributed by atoms with Crippen LogP contribution in [0.5, 0.6) is 5.75 Å². The molecule has 2 aromatic heterocycles. The number of amides is 1. The zero-order chi connectivity index (χ0) is 42.6. The smallest absolute Gasteiger partial charge is 0.335 e. The molecule has 0 saturated heterocycles. The van der Waals surface area contributed by atoms with Gasteiger partial charge in [-0.3, -0.25) is 9.59 Å². The van der Waals surface area contributed by atoms with Crippen LogP contribution >= 0.6 is 0 Å². The summed E-state index contributed by atoms with van der Waals surface area (Å²) in [4.78, 5) is 24.6. The molecule has 1 amide bonds. The van der Waals surface area contributed by atoms with Gasteiger partial charge in [0.05, 0.1) is 34.6 Å². The molecule has 0 aliphatic rings. The van der Waals surface area contributed by atoms with Gasteiger partial charge in [-0.1, -0.05) is 84.4 Å². The zero-order valence-electron chi connectivity index (χ0n) is 32.7. The molecule has 58 heavy (non-hydrogen) atoms. The lowest BCUT2D eigenvalue weighted by Gasteiger charge is -2.18. The second-order valence-electron chi connectivity index (χ2n) is 13.6. The van der Waals surface area contributed by atoms with E-state index in [2.05, 4.69) is 10.3 Å². The third-order valence-corrected chi connectivity index (χ3v) is 9.96. The highest BCUT2D eigenvalue weighted by Crippen LogP contribution is 2.34. The van der Waals surface area contributed by atoms with Crippen molar-refractivity contribution < 1.29 is 40.4 Å². The summed E-state index contributed by atoms with van der Waals surface area (Å²) in [6.07, 6.45) is 2.03. The van der Waals surface area contributed by atoms with Crippen LogP contribution in [0.1, 0.15) is 50.5 Å². The van der Waals surface area contributed by atoms with Crippen molar-refractivity contribution in [2.45, 2.75) is 64.9 Å². The monoisotopic (exact) mass is 830 g/mol. The summed E-state index contributed by atoms with van der Waals surface area (Å²) in [5.41, 5.74) is 5.18. The van der Waals surface area contributed by atoms with Crippen molar-refractivity contribution in [3.63, 3.8) is 0 Å². The van der Waals surface area contributed by atoms with Crippen LogP contribution in [0.2, 0.25) is 0 Å². The number of ether oxygens (including phenoxy) is 1. The fourth-order valence-corrected chi connectivity index (χ4v) is 6.51. The molecule has 2 N–H and O–H groups in total. The number of carbonyl (C=O) groups is 1. The van der Waals surface area contributed by atoms with Gasteiger partial charge in [-0.15, -0.1) is 0 Å². The fourth-order valence-electron chi connectivity index (χ4n) is 5.45. The Kier molecular flexibility index (Phi) is 15.3. The predicted octanol–water partition coefficient (Wildman–Crippen LogP) is 7.06. The number of hydrogen-bond donors (Lipinski definition) is 2. The first-order valence-electron chi connectivity index (χ1n) is 17.9. The number of aryl methyl sites for hydroxylation is 3. The molecule has 0 aliphatic carbocycles. The molecule has 0 aliphatic heterocycles. The summed E-state index contributed by atoms with van der Waals surface area (Å²) in [5.74, 6) is -0.108. The topological polar surface area (TPSA) is 188 Å². The summed E-state index contributed by atoms with van der Waals surface area (Å²) < 4.78 is 69.0. The van der Waals surface area contributed by atoms with Crippen LogP contribution in [-0.4, -0.2) is 55.0 Å². The molecule has 16 heteroatoms. The minimum atomic E-state index is -3.87. The second kappa shape index (κ2) is 19.9. The number of carbonyl (C=O) groups excluding carboxylic acids is 1. The van der Waals surface area contributed by atoms with Crippen molar-refractivity contribution in [3.8, 4) is 44.9 Å². The van der Waals surface area contributed by atoms with Crippen LogP contribution in [-0.2, 0) is 26.4 Å². The SMILES string of the molecule is CCC(=O)NS(=O)(=O)c1ccc(-c2c(-c3ccccc3)noc2C)cc1.Cc1ccc(-c2cnn(-c3ccc(F)c(C)c3)c(=O)c2OCCC(C)(C)O)cc1.O=S=O. The molecule has 0 atom stereocenters. The van der Waals surface area contributed by atoms with Crippen LogP contribution in [0.25, 0.3) is 39.2 Å². The van der Waals surface area contributed by atoms with Crippen molar-refractivity contribution in [1.82, 2.24) is 19.7 Å². The predicted molar refractivity (Wildman–Crippen MR) is 218 cm³/mol. The van der Waals surface area contributed by atoms with Gasteiger partial charge in [0.2, 0.25) is 5.91 Å². The Balaban J connectivity index is 0.000000242. The van der Waals surface area contributed by atoms with Crippen molar-refractivity contribution >= 4 is 27.5 Å². The number of benzene rings is 4. The number of rotatable bonds is 11. The van der Waals surface area contributed by atoms with Crippen LogP contribution in [0, 0.1) is 26.6 Å². The Bertz CT molecular complexity index is 2550. The number of nitrogens with one attached hydrogen (secondary N) is 1. The lowest BCUT2D eigenvalue weighted by Crippen LogP contribution is -2.29. The second-order valence-corrected chi connectivity index (χ2v) is 15.4. The molecule has 0 spiro atoms. The summed E-state index contributed by atoms with van der Waals surface area (Å²) >= 11 is -0.750. The molecule has 13 nitrogen and oxygen atoms in total. The van der Waals surface area contributed by atoms with Gasteiger partial charge in [0.25, 0.3) is 10.0 Å². The van der Waals surface area contributed by atoms with Gasteiger partial charge >= 0.3 is 17.1 Å². The lowest BCUT2D eigenvalue weighted by atomic mass is 10.00. The van der Waals surface area contributed by atoms with Gasteiger partial charge in [0.15, 0.2) is 5.75 Å². The van der Waals surface area contributed by atoms with Gasteiger partial charge in [-0.25, -0.2) is 17.5 Å². The number of aliphatic hydroxyl groups is 1. The maximum Gasteiger partial charge on any atom is 0.335 e. The maximum atomic E-state index is 13.6. The Hall–Kier alpha value is -6.10. The van der Waals surface area contributed by atoms with Gasteiger partial charge in [0.1, 0.15) is 17.3 Å². The van der Waals surface area contributed by atoms with Crippen molar-refractivity contribution in [2.24, 2.45) is 0 Å². The van der Waals surface area contributed by atoms with E-state index in [-0.39, 0.29) is 29.5 Å². The van der Waals surface area contributed by atoms with E-state index in [0.717, 1.165) is 27.8 Å². The number of hydrogen-bond acceptors (Lipinski definition) is 11. The molecular weight excluding hydrogens is 788 g/mol. The summed E-state index contributed by atoms with van der Waals surface area (Å²) in [7, 11) is -3.87. The standard InChI is InChI=1S/C23H25FN2O3.C19H18N2O4S.O2S/c1-15-5-7-17(8-6-15)19-14-25-26(18-9-10-20(24)16(2)13-18)22(27)21(19)29-12-11-23(3,4)28;1-3-17(22)21-26(23,24)16-11-9-14(10-12-16)18-13(2)25-20-19(18)15-7-5-4-6-8-15;1-3-2/h5-10,13-14,28H,11-12H2,1-4H3;4-12H,3H2,1-2H3,(H,21,22);. The molecule has 2 heterocycles. The Labute approximate surface area is 339 Å². The van der Waals surface area contributed by atoms with E-state index in [1.54, 1.807) is 59.0 Å². The molecule has 0 saturated carbocycles. The quantitative estimate of drug-likeness (QED) is 0.136. The zero-order valence-corrected chi connectivity index (χ0v) is 34.3. The first-order valence-corrected chi connectivity index (χ1v) is 20.0. The summed E-state index contributed by atoms with van der Waals surface area (Å²) in [5, 5.41) is 18.4. The number of sulfonamides is 1. The Morgan fingerprint density at radius 3 is 2.14 bits per heavy atom. The van der Waals surface area contributed by atoms with Crippen LogP contribution < -0.4 is 15.0 Å². The van der Waals surface area contributed by atoms with E-state index in [0.29, 0.717) is 34.7 Å². The largest absolute Gasteiger partial charge is 0.487 e. The average Bonchev–Trinajstić information content (AvgIpc) is 3.58. The Morgan fingerprint density at radius 2 is 1.55 bits per heavy atom. The lowest BCUT2D eigenvalue weighted by molar-refractivity contribution is -0.119. The third-order valence-electron chi connectivity index (χ3n) is 8.58. The van der Waals surface area contributed by atoms with E-state index in [1.165, 1.54) is 28.9 Å². The van der Waals surface area contributed by atoms with Crippen molar-refractivity contribution in [1.29, 1.82) is 0 Å². The number of halogens is 1. The van der Waals surface area contributed by atoms with Crippen molar-refractivity contribution in [2.75, 3.05) is 6.61 Å². The van der Waals surface area contributed by atoms with Crippen LogP contribution in [0.4, 0.5) is 4.39 Å². The van der Waals surface area contributed by atoms with E-state index < -0.39 is 38.7 Å². The highest BCUT2D eigenvalue weighted by atomic mass is 32.2. The molecule has 0 unspecified atom stereocenters. The molecule has 4 aromatic carbocycles. The van der Waals surface area contributed by atoms with Gasteiger partial charge in [0, 0.05) is 24.0 Å². The number of aromatic nitrogens is 3. The van der Waals surface area contributed by atoms with E-state index in [1.807, 2.05) is 66.2 Å². The van der Waals surface area contributed by atoms with E-state index in [4.69, 9.17) is 17.7 Å². The molecule has 6 aromatic rings. The molecule has 304 valence electrons. The van der Waals surface area contributed by atoms with Gasteiger partial charge < -0.3 is 14.4 Å². The first-order chi connectivity index (χ1) is 27.5. The minimum absolute atomic E-state index is 0.0263. The minimum Gasteiger partial charge on any atom is -0.487 e. The molecular formula is C42H43FN4O9S2. The fraction of sp³-hybridized carbons (Fsp3) is 0.238. The summed E-state index contributed by atoms with van der Waals surface area (Å²) in [6.45, 7) is 10.5. The van der Waals surface area contributed by atoms with Crippen molar-refractivity contribution in [3.05, 3.63) is 136 Å².